The SMILES string of the molecule is Cc1ccc(C#Cc2ccc(C#C[Si](C)(C)C)cc2)cc1. The fourth-order valence-corrected chi connectivity index (χ4v) is 2.20. The minimum atomic E-state index is -1.31. The molecule has 0 aliphatic heterocycles. The second-order valence-corrected chi connectivity index (χ2v) is 10.9. The first-order chi connectivity index (χ1) is 9.92. The van der Waals surface area contributed by atoms with Crippen LogP contribution in [0.1, 0.15) is 22.3 Å². The van der Waals surface area contributed by atoms with E-state index in [1.54, 1.807) is 0 Å². The van der Waals surface area contributed by atoms with Gasteiger partial charge in [0.15, 0.2) is 0 Å². The zero-order chi connectivity index (χ0) is 15.3. The molecular formula is C20H20Si. The lowest BCUT2D eigenvalue weighted by Crippen LogP contribution is -2.16. The van der Waals surface area contributed by atoms with Crippen LogP contribution in [-0.2, 0) is 0 Å². The van der Waals surface area contributed by atoms with Crippen molar-refractivity contribution in [1.29, 1.82) is 0 Å². The van der Waals surface area contributed by atoms with Crippen molar-refractivity contribution >= 4 is 8.07 Å². The van der Waals surface area contributed by atoms with Crippen LogP contribution in [0.15, 0.2) is 48.5 Å². The van der Waals surface area contributed by atoms with Crippen LogP contribution in [0.4, 0.5) is 0 Å². The summed E-state index contributed by atoms with van der Waals surface area (Å²) in [6.45, 7) is 8.83. The van der Waals surface area contributed by atoms with Gasteiger partial charge in [0.2, 0.25) is 0 Å². The molecule has 0 amide bonds. The van der Waals surface area contributed by atoms with E-state index in [0.29, 0.717) is 0 Å². The monoisotopic (exact) mass is 288 g/mol. The predicted molar refractivity (Wildman–Crippen MR) is 93.8 cm³/mol. The summed E-state index contributed by atoms with van der Waals surface area (Å²) in [7, 11) is -1.31. The molecule has 0 spiro atoms. The Balaban J connectivity index is 2.13. The van der Waals surface area contributed by atoms with E-state index in [0.717, 1.165) is 16.7 Å². The van der Waals surface area contributed by atoms with E-state index < -0.39 is 8.07 Å². The lowest BCUT2D eigenvalue weighted by atomic mass is 10.1. The first-order valence-electron chi connectivity index (χ1n) is 7.14. The molecule has 0 heterocycles. The van der Waals surface area contributed by atoms with Crippen LogP contribution in [0.5, 0.6) is 0 Å². The summed E-state index contributed by atoms with van der Waals surface area (Å²) in [6, 6.07) is 16.4. The molecule has 2 aromatic rings. The Morgan fingerprint density at radius 3 is 1.43 bits per heavy atom. The normalized spacial score (nSPS) is 10.1. The van der Waals surface area contributed by atoms with Gasteiger partial charge < -0.3 is 0 Å². The van der Waals surface area contributed by atoms with E-state index in [2.05, 4.69) is 74.1 Å². The summed E-state index contributed by atoms with van der Waals surface area (Å²) in [5, 5.41) is 0. The Labute approximate surface area is 129 Å². The van der Waals surface area contributed by atoms with Crippen molar-refractivity contribution in [2.24, 2.45) is 0 Å². The fourth-order valence-electron chi connectivity index (χ4n) is 1.68. The molecule has 2 aromatic carbocycles. The first kappa shape index (κ1) is 15.2. The van der Waals surface area contributed by atoms with Gasteiger partial charge in [-0.3, -0.25) is 0 Å². The highest BCUT2D eigenvalue weighted by Crippen LogP contribution is 2.05. The molecule has 0 aromatic heterocycles. The molecule has 0 bridgehead atoms. The Kier molecular flexibility index (Phi) is 4.69. The van der Waals surface area contributed by atoms with Crippen LogP contribution < -0.4 is 0 Å². The zero-order valence-corrected chi connectivity index (χ0v) is 14.1. The van der Waals surface area contributed by atoms with E-state index in [4.69, 9.17) is 0 Å². The molecule has 21 heavy (non-hydrogen) atoms. The Bertz CT molecular complexity index is 721. The standard InChI is InChI=1S/C20H20Si/c1-17-5-7-18(8-6-17)9-10-19-11-13-20(14-12-19)15-16-21(2,3)4/h5-8,11-14H,1-4H3. The largest absolute Gasteiger partial charge is 0.129 e. The van der Waals surface area contributed by atoms with Crippen LogP contribution in [0.25, 0.3) is 0 Å². The van der Waals surface area contributed by atoms with Crippen molar-refractivity contribution in [2.75, 3.05) is 0 Å². The van der Waals surface area contributed by atoms with Gasteiger partial charge in [0.05, 0.1) is 0 Å². The maximum Gasteiger partial charge on any atom is 0.129 e. The van der Waals surface area contributed by atoms with Crippen LogP contribution in [-0.4, -0.2) is 8.07 Å². The van der Waals surface area contributed by atoms with Crippen molar-refractivity contribution in [1.82, 2.24) is 0 Å². The molecule has 0 saturated carbocycles. The molecule has 0 radical (unpaired) electrons. The van der Waals surface area contributed by atoms with Crippen LogP contribution in [0, 0.1) is 30.2 Å². The average Bonchev–Trinajstić information content (AvgIpc) is 2.45. The summed E-state index contributed by atoms with van der Waals surface area (Å²) in [5.74, 6) is 9.63. The van der Waals surface area contributed by atoms with Gasteiger partial charge in [-0.1, -0.05) is 55.1 Å². The maximum absolute atomic E-state index is 3.37. The highest BCUT2D eigenvalue weighted by atomic mass is 28.3. The summed E-state index contributed by atoms with van der Waals surface area (Å²) in [4.78, 5) is 0. The van der Waals surface area contributed by atoms with E-state index in [1.807, 2.05) is 24.3 Å². The van der Waals surface area contributed by atoms with Gasteiger partial charge in [0, 0.05) is 16.7 Å². The third-order valence-electron chi connectivity index (χ3n) is 2.87. The second-order valence-electron chi connectivity index (χ2n) is 6.19. The number of rotatable bonds is 0. The molecule has 0 aliphatic rings. The quantitative estimate of drug-likeness (QED) is 0.490. The molecule has 0 atom stereocenters. The van der Waals surface area contributed by atoms with E-state index >= 15 is 0 Å². The molecule has 0 unspecified atom stereocenters. The second kappa shape index (κ2) is 6.49. The summed E-state index contributed by atoms with van der Waals surface area (Å²) in [6.07, 6.45) is 0. The third-order valence-corrected chi connectivity index (χ3v) is 3.74. The number of hydrogen-bond donors (Lipinski definition) is 0. The van der Waals surface area contributed by atoms with Gasteiger partial charge in [0.1, 0.15) is 8.07 Å². The van der Waals surface area contributed by atoms with Crippen molar-refractivity contribution in [3.05, 3.63) is 70.8 Å². The van der Waals surface area contributed by atoms with Crippen molar-refractivity contribution in [3.63, 3.8) is 0 Å². The molecule has 104 valence electrons. The minimum Gasteiger partial charge on any atom is -0.127 e. The molecule has 0 N–H and O–H groups in total. The number of hydrogen-bond acceptors (Lipinski definition) is 0. The van der Waals surface area contributed by atoms with Crippen LogP contribution in [0.2, 0.25) is 19.6 Å². The topological polar surface area (TPSA) is 0 Å². The highest BCUT2D eigenvalue weighted by Gasteiger charge is 2.07. The molecular weight excluding hydrogens is 268 g/mol. The van der Waals surface area contributed by atoms with Crippen molar-refractivity contribution in [2.45, 2.75) is 26.6 Å². The number of aryl methyl sites for hydroxylation is 1. The van der Waals surface area contributed by atoms with Gasteiger partial charge in [0.25, 0.3) is 0 Å². The predicted octanol–water partition coefficient (Wildman–Crippen LogP) is 4.62. The molecule has 0 aliphatic carbocycles. The zero-order valence-electron chi connectivity index (χ0n) is 13.1. The van der Waals surface area contributed by atoms with Gasteiger partial charge >= 0.3 is 0 Å². The number of benzene rings is 2. The molecule has 0 saturated heterocycles. The lowest BCUT2D eigenvalue weighted by molar-refractivity contribution is 1.46. The van der Waals surface area contributed by atoms with E-state index in [9.17, 15) is 0 Å². The van der Waals surface area contributed by atoms with Gasteiger partial charge in [-0.05, 0) is 43.3 Å². The molecule has 0 fully saturated rings. The molecule has 0 nitrogen and oxygen atoms in total. The van der Waals surface area contributed by atoms with Crippen molar-refractivity contribution < 1.29 is 0 Å². The Morgan fingerprint density at radius 2 is 1.00 bits per heavy atom. The van der Waals surface area contributed by atoms with Crippen molar-refractivity contribution in [3.8, 4) is 23.3 Å². The van der Waals surface area contributed by atoms with Gasteiger partial charge in [-0.2, -0.15) is 0 Å². The average molecular weight is 288 g/mol. The van der Waals surface area contributed by atoms with Gasteiger partial charge in [-0.25, -0.2) is 0 Å². The third kappa shape index (κ3) is 5.34. The molecule has 2 rings (SSSR count). The maximum atomic E-state index is 3.37. The lowest BCUT2D eigenvalue weighted by Gasteiger charge is -2.03. The van der Waals surface area contributed by atoms with Crippen LogP contribution >= 0.6 is 0 Å². The highest BCUT2D eigenvalue weighted by molar-refractivity contribution is 6.83. The van der Waals surface area contributed by atoms with Gasteiger partial charge in [-0.15, -0.1) is 5.54 Å². The Morgan fingerprint density at radius 1 is 0.619 bits per heavy atom. The summed E-state index contributed by atoms with van der Waals surface area (Å²) >= 11 is 0. The Hall–Kier alpha value is -2.22. The summed E-state index contributed by atoms with van der Waals surface area (Å²) in [5.41, 5.74) is 7.76. The first-order valence-corrected chi connectivity index (χ1v) is 10.6. The minimum absolute atomic E-state index is 1.02. The fraction of sp³-hybridized carbons (Fsp3) is 0.200. The van der Waals surface area contributed by atoms with E-state index in [-0.39, 0.29) is 0 Å². The van der Waals surface area contributed by atoms with Crippen LogP contribution in [0.3, 0.4) is 0 Å². The molecule has 1 heteroatoms. The summed E-state index contributed by atoms with van der Waals surface area (Å²) < 4.78 is 0. The van der Waals surface area contributed by atoms with E-state index in [1.165, 1.54) is 5.56 Å². The smallest absolute Gasteiger partial charge is 0.127 e.